The number of nitrogens with zero attached hydrogens (tertiary/aromatic N) is 1. The third-order valence-electron chi connectivity index (χ3n) is 3.91. The molecule has 1 aliphatic carbocycles. The van der Waals surface area contributed by atoms with Crippen molar-refractivity contribution in [1.29, 1.82) is 0 Å². The average molecular weight is 316 g/mol. The van der Waals surface area contributed by atoms with Crippen LogP contribution < -0.4 is 4.74 Å². The van der Waals surface area contributed by atoms with Gasteiger partial charge in [-0.15, -0.1) is 0 Å². The number of hydrogen-bond donors (Lipinski definition) is 1. The van der Waals surface area contributed by atoms with E-state index in [9.17, 15) is 10.1 Å². The van der Waals surface area contributed by atoms with Crippen molar-refractivity contribution in [3.63, 3.8) is 0 Å². The number of nitro benzene ring substituents is 1. The first kappa shape index (κ1) is 15.4. The summed E-state index contributed by atoms with van der Waals surface area (Å²) in [4.78, 5) is 10.2. The highest BCUT2D eigenvalue weighted by atomic mass is 35.5. The van der Waals surface area contributed by atoms with Crippen LogP contribution in [0.4, 0.5) is 5.69 Å². The molecule has 0 atom stereocenters. The maximum absolute atomic E-state index is 10.7. The first-order valence-corrected chi connectivity index (χ1v) is 7.75. The minimum atomic E-state index is -0.498. The Bertz CT molecular complexity index is 489. The molecule has 0 bridgehead atoms. The smallest absolute Gasteiger partial charge is 0.288 e. The molecule has 0 unspecified atom stereocenters. The van der Waals surface area contributed by atoms with Crippen LogP contribution in [0, 0.1) is 15.5 Å². The van der Waals surface area contributed by atoms with Gasteiger partial charge in [0, 0.05) is 17.5 Å². The lowest BCUT2D eigenvalue weighted by Gasteiger charge is -2.35. The SMILES string of the molecule is O=[N+]([O-])c1ccc(OCC2(CS)CCCCC2)cc1Cl. The summed E-state index contributed by atoms with van der Waals surface area (Å²) >= 11 is 10.3. The van der Waals surface area contributed by atoms with E-state index in [4.69, 9.17) is 16.3 Å². The van der Waals surface area contributed by atoms with Crippen LogP contribution in [0.5, 0.6) is 5.75 Å². The van der Waals surface area contributed by atoms with Crippen LogP contribution >= 0.6 is 24.2 Å². The molecule has 20 heavy (non-hydrogen) atoms. The number of benzene rings is 1. The molecule has 6 heteroatoms. The third-order valence-corrected chi connectivity index (χ3v) is 4.88. The van der Waals surface area contributed by atoms with Crippen LogP contribution in [0.1, 0.15) is 32.1 Å². The van der Waals surface area contributed by atoms with Crippen LogP contribution in [0.3, 0.4) is 0 Å². The number of thiol groups is 1. The van der Waals surface area contributed by atoms with Gasteiger partial charge in [-0.05, 0) is 24.7 Å². The van der Waals surface area contributed by atoms with Crippen molar-refractivity contribution in [2.24, 2.45) is 5.41 Å². The Labute approximate surface area is 129 Å². The fourth-order valence-electron chi connectivity index (χ4n) is 2.61. The van der Waals surface area contributed by atoms with Gasteiger partial charge in [-0.3, -0.25) is 10.1 Å². The lowest BCUT2D eigenvalue weighted by atomic mass is 9.76. The number of ether oxygens (including phenoxy) is 1. The molecular formula is C14H18ClNO3S. The Morgan fingerprint density at radius 1 is 1.35 bits per heavy atom. The summed E-state index contributed by atoms with van der Waals surface area (Å²) in [6.45, 7) is 0.588. The molecular weight excluding hydrogens is 298 g/mol. The second-order valence-electron chi connectivity index (χ2n) is 5.38. The summed E-state index contributed by atoms with van der Waals surface area (Å²) < 4.78 is 5.80. The molecule has 1 aromatic rings. The zero-order valence-electron chi connectivity index (χ0n) is 11.2. The highest BCUT2D eigenvalue weighted by molar-refractivity contribution is 7.80. The Morgan fingerprint density at radius 2 is 2.05 bits per heavy atom. The van der Waals surface area contributed by atoms with Gasteiger partial charge in [0.15, 0.2) is 0 Å². The predicted molar refractivity (Wildman–Crippen MR) is 83.0 cm³/mol. The molecule has 1 saturated carbocycles. The minimum Gasteiger partial charge on any atom is -0.493 e. The Kier molecular flexibility index (Phi) is 5.16. The second kappa shape index (κ2) is 6.68. The maximum Gasteiger partial charge on any atom is 0.288 e. The molecule has 0 aliphatic heterocycles. The van der Waals surface area contributed by atoms with E-state index in [-0.39, 0.29) is 16.1 Å². The van der Waals surface area contributed by atoms with Crippen molar-refractivity contribution in [3.05, 3.63) is 33.3 Å². The van der Waals surface area contributed by atoms with E-state index < -0.39 is 4.92 Å². The van der Waals surface area contributed by atoms with Crippen molar-refractivity contribution >= 4 is 29.9 Å². The molecule has 0 spiro atoms. The summed E-state index contributed by atoms with van der Waals surface area (Å²) in [5, 5.41) is 10.8. The maximum atomic E-state index is 10.7. The fraction of sp³-hybridized carbons (Fsp3) is 0.571. The van der Waals surface area contributed by atoms with Crippen LogP contribution in [0.2, 0.25) is 5.02 Å². The van der Waals surface area contributed by atoms with Gasteiger partial charge in [0.1, 0.15) is 10.8 Å². The first-order valence-electron chi connectivity index (χ1n) is 6.74. The lowest BCUT2D eigenvalue weighted by molar-refractivity contribution is -0.384. The fourth-order valence-corrected chi connectivity index (χ4v) is 3.26. The summed E-state index contributed by atoms with van der Waals surface area (Å²) in [7, 11) is 0. The van der Waals surface area contributed by atoms with Crippen LogP contribution in [-0.4, -0.2) is 17.3 Å². The average Bonchev–Trinajstić information content (AvgIpc) is 2.46. The molecule has 0 aromatic heterocycles. The van der Waals surface area contributed by atoms with Crippen molar-refractivity contribution in [3.8, 4) is 5.75 Å². The summed E-state index contributed by atoms with van der Waals surface area (Å²) in [5.41, 5.74) is 0.0240. The lowest BCUT2D eigenvalue weighted by Crippen LogP contribution is -2.32. The van der Waals surface area contributed by atoms with Crippen LogP contribution in [-0.2, 0) is 0 Å². The monoisotopic (exact) mass is 315 g/mol. The Hall–Kier alpha value is -0.940. The molecule has 110 valence electrons. The van der Waals surface area contributed by atoms with Gasteiger partial charge in [-0.1, -0.05) is 30.9 Å². The van der Waals surface area contributed by atoms with Gasteiger partial charge in [0.2, 0.25) is 0 Å². The number of halogens is 1. The third kappa shape index (κ3) is 3.58. The van der Waals surface area contributed by atoms with E-state index in [2.05, 4.69) is 12.6 Å². The number of hydrogen-bond acceptors (Lipinski definition) is 4. The van der Waals surface area contributed by atoms with Crippen molar-refractivity contribution in [1.82, 2.24) is 0 Å². The Balaban J connectivity index is 2.03. The van der Waals surface area contributed by atoms with E-state index in [1.54, 1.807) is 6.07 Å². The highest BCUT2D eigenvalue weighted by Crippen LogP contribution is 2.38. The normalized spacial score (nSPS) is 17.7. The van der Waals surface area contributed by atoms with Crippen molar-refractivity contribution < 1.29 is 9.66 Å². The van der Waals surface area contributed by atoms with E-state index in [1.165, 1.54) is 31.4 Å². The summed E-state index contributed by atoms with van der Waals surface area (Å²) in [6, 6.07) is 4.49. The largest absolute Gasteiger partial charge is 0.493 e. The van der Waals surface area contributed by atoms with Gasteiger partial charge >= 0.3 is 0 Å². The highest BCUT2D eigenvalue weighted by Gasteiger charge is 2.31. The summed E-state index contributed by atoms with van der Waals surface area (Å²) in [6.07, 6.45) is 5.95. The molecule has 0 heterocycles. The predicted octanol–water partition coefficient (Wildman–Crippen LogP) is 4.51. The van der Waals surface area contributed by atoms with Gasteiger partial charge in [-0.25, -0.2) is 0 Å². The van der Waals surface area contributed by atoms with Gasteiger partial charge in [-0.2, -0.15) is 12.6 Å². The molecule has 4 nitrogen and oxygen atoms in total. The standard InChI is InChI=1S/C14H18ClNO3S/c15-12-8-11(4-5-13(12)16(17)18)19-9-14(10-20)6-2-1-3-7-14/h4-5,8,20H,1-3,6-7,9-10H2. The van der Waals surface area contributed by atoms with E-state index in [0.29, 0.717) is 12.4 Å². The van der Waals surface area contributed by atoms with Crippen LogP contribution in [0.15, 0.2) is 18.2 Å². The molecule has 0 saturated heterocycles. The molecule has 0 amide bonds. The summed E-state index contributed by atoms with van der Waals surface area (Å²) in [5.74, 6) is 1.38. The van der Waals surface area contributed by atoms with E-state index >= 15 is 0 Å². The first-order chi connectivity index (χ1) is 9.56. The van der Waals surface area contributed by atoms with Crippen LogP contribution in [0.25, 0.3) is 0 Å². The quantitative estimate of drug-likeness (QED) is 0.494. The van der Waals surface area contributed by atoms with Crippen molar-refractivity contribution in [2.75, 3.05) is 12.4 Å². The molecule has 1 aromatic carbocycles. The van der Waals surface area contributed by atoms with Gasteiger partial charge in [0.25, 0.3) is 5.69 Å². The van der Waals surface area contributed by atoms with E-state index in [0.717, 1.165) is 18.6 Å². The second-order valence-corrected chi connectivity index (χ2v) is 6.10. The molecule has 0 radical (unpaired) electrons. The van der Waals surface area contributed by atoms with Gasteiger partial charge < -0.3 is 4.74 Å². The zero-order chi connectivity index (χ0) is 14.6. The number of rotatable bonds is 5. The Morgan fingerprint density at radius 3 is 2.60 bits per heavy atom. The minimum absolute atomic E-state index is 0.0967. The molecule has 2 rings (SSSR count). The van der Waals surface area contributed by atoms with E-state index in [1.807, 2.05) is 0 Å². The topological polar surface area (TPSA) is 52.4 Å². The molecule has 1 aliphatic rings. The van der Waals surface area contributed by atoms with Gasteiger partial charge in [0.05, 0.1) is 11.5 Å². The molecule has 0 N–H and O–H groups in total. The van der Waals surface area contributed by atoms with Crippen molar-refractivity contribution in [2.45, 2.75) is 32.1 Å². The number of nitro groups is 1. The molecule has 1 fully saturated rings. The zero-order valence-corrected chi connectivity index (χ0v) is 12.8.